The van der Waals surface area contributed by atoms with Gasteiger partial charge in [0.05, 0.1) is 0 Å². The second kappa shape index (κ2) is 13.3. The lowest BCUT2D eigenvalue weighted by molar-refractivity contribution is 0.658. The number of amidine groups is 2. The fourth-order valence-electron chi connectivity index (χ4n) is 8.08. The maximum absolute atomic E-state index is 7.20. The number of hydrogen-bond donors (Lipinski definition) is 1. The van der Waals surface area contributed by atoms with E-state index in [1.54, 1.807) is 0 Å². The molecule has 0 saturated carbocycles. The van der Waals surface area contributed by atoms with Gasteiger partial charge in [-0.2, -0.15) is 0 Å². The highest BCUT2D eigenvalue weighted by atomic mass is 32.1. The van der Waals surface area contributed by atoms with E-state index in [1.807, 2.05) is 47.7 Å². The number of hydrogen-bond acceptors (Lipinski definition) is 5. The molecule has 2 aromatic heterocycles. The summed E-state index contributed by atoms with van der Waals surface area (Å²) in [5.41, 5.74) is 11.2. The fourth-order valence-corrected chi connectivity index (χ4v) is 9.16. The van der Waals surface area contributed by atoms with Crippen LogP contribution in [0.25, 0.3) is 75.5 Å². The maximum Gasteiger partial charge on any atom is 0.159 e. The average molecular weight is 736 g/mol. The van der Waals surface area contributed by atoms with E-state index in [2.05, 4.69) is 157 Å². The highest BCUT2D eigenvalue weighted by molar-refractivity contribution is 7.25. The topological polar surface area (TPSA) is 49.9 Å². The predicted molar refractivity (Wildman–Crippen MR) is 235 cm³/mol. The van der Waals surface area contributed by atoms with Gasteiger partial charge in [-0.3, -0.25) is 0 Å². The number of furan rings is 1. The maximum atomic E-state index is 7.20. The molecule has 1 aliphatic rings. The molecule has 11 rings (SSSR count). The fraction of sp³-hybridized carbons (Fsp3) is 0.0196. The van der Waals surface area contributed by atoms with Crippen molar-refractivity contribution in [3.63, 3.8) is 0 Å². The summed E-state index contributed by atoms with van der Waals surface area (Å²) < 4.78 is 9.78. The van der Waals surface area contributed by atoms with Crippen LogP contribution in [0.4, 0.5) is 0 Å². The zero-order valence-electron chi connectivity index (χ0n) is 30.2. The lowest BCUT2D eigenvalue weighted by Gasteiger charge is -2.25. The van der Waals surface area contributed by atoms with E-state index in [0.29, 0.717) is 5.84 Å². The van der Waals surface area contributed by atoms with Crippen molar-refractivity contribution in [1.29, 1.82) is 0 Å². The van der Waals surface area contributed by atoms with Crippen molar-refractivity contribution >= 4 is 65.1 Å². The molecule has 3 heterocycles. The molecule has 0 bridgehead atoms. The normalized spacial score (nSPS) is 14.2. The third-order valence-corrected chi connectivity index (χ3v) is 11.9. The Hall–Kier alpha value is -7.08. The molecule has 8 aromatic carbocycles. The van der Waals surface area contributed by atoms with Crippen LogP contribution in [0.2, 0.25) is 0 Å². The van der Waals surface area contributed by atoms with E-state index >= 15 is 0 Å². The Balaban J connectivity index is 1.15. The molecule has 264 valence electrons. The van der Waals surface area contributed by atoms with Crippen molar-refractivity contribution in [3.8, 4) is 33.4 Å². The van der Waals surface area contributed by atoms with Gasteiger partial charge in [0, 0.05) is 58.8 Å². The van der Waals surface area contributed by atoms with E-state index in [1.165, 1.54) is 20.2 Å². The van der Waals surface area contributed by atoms with E-state index < -0.39 is 6.17 Å². The smallest absolute Gasteiger partial charge is 0.159 e. The van der Waals surface area contributed by atoms with Crippen LogP contribution in [-0.4, -0.2) is 11.7 Å². The van der Waals surface area contributed by atoms with Crippen molar-refractivity contribution in [2.24, 2.45) is 9.98 Å². The van der Waals surface area contributed by atoms with Gasteiger partial charge in [0.2, 0.25) is 0 Å². The number of benzene rings is 8. The Bertz CT molecular complexity index is 3160. The highest BCUT2D eigenvalue weighted by Gasteiger charge is 2.27. The molecule has 0 amide bonds. The monoisotopic (exact) mass is 735 g/mol. The van der Waals surface area contributed by atoms with Gasteiger partial charge in [-0.05, 0) is 46.5 Å². The molecule has 0 aliphatic carbocycles. The van der Waals surface area contributed by atoms with Crippen molar-refractivity contribution in [1.82, 2.24) is 5.32 Å². The molecular formula is C51H33N3OS. The zero-order chi connectivity index (χ0) is 37.0. The summed E-state index contributed by atoms with van der Waals surface area (Å²) in [5.74, 6) is 1.46. The first-order valence-corrected chi connectivity index (χ1v) is 19.7. The molecule has 0 fully saturated rings. The van der Waals surface area contributed by atoms with Crippen LogP contribution in [-0.2, 0) is 0 Å². The standard InChI is InChI=1S/C51H33N3OS/c1-4-14-32(15-5-1)35-20-12-21-37(30-35)46-42(51-53-49(33-16-6-2-7-17-33)52-50(54-51)34-18-8-3-9-19-34)28-27-41-40-24-13-23-38(47(40)55-48(41)46)36-26-29-45-43(31-36)39-22-10-11-25-44(39)56-45/h1-31,51H,(H,52,53,54). The lowest BCUT2D eigenvalue weighted by atomic mass is 9.92. The number of fused-ring (bicyclic) bond motifs is 6. The summed E-state index contributed by atoms with van der Waals surface area (Å²) in [5, 5.41) is 8.42. The van der Waals surface area contributed by atoms with Crippen molar-refractivity contribution in [2.75, 3.05) is 0 Å². The molecule has 1 aliphatic heterocycles. The van der Waals surface area contributed by atoms with Gasteiger partial charge in [-0.25, -0.2) is 9.98 Å². The quantitative estimate of drug-likeness (QED) is 0.185. The molecule has 1 N–H and O–H groups in total. The van der Waals surface area contributed by atoms with Crippen LogP contribution in [0.15, 0.2) is 202 Å². The summed E-state index contributed by atoms with van der Waals surface area (Å²) in [6.45, 7) is 0. The summed E-state index contributed by atoms with van der Waals surface area (Å²) >= 11 is 1.84. The minimum Gasteiger partial charge on any atom is -0.455 e. The first kappa shape index (κ1) is 32.4. The zero-order valence-corrected chi connectivity index (χ0v) is 31.0. The minimum atomic E-state index is -0.445. The van der Waals surface area contributed by atoms with Crippen LogP contribution < -0.4 is 5.32 Å². The summed E-state index contributed by atoms with van der Waals surface area (Å²) in [6.07, 6.45) is -0.445. The van der Waals surface area contributed by atoms with Gasteiger partial charge < -0.3 is 9.73 Å². The number of nitrogens with one attached hydrogen (secondary N) is 1. The highest BCUT2D eigenvalue weighted by Crippen LogP contribution is 2.45. The molecule has 5 heteroatoms. The third kappa shape index (κ3) is 5.52. The Morgan fingerprint density at radius 1 is 0.446 bits per heavy atom. The van der Waals surface area contributed by atoms with Crippen LogP contribution >= 0.6 is 11.3 Å². The molecule has 0 saturated heterocycles. The van der Waals surface area contributed by atoms with Gasteiger partial charge in [0.25, 0.3) is 0 Å². The lowest BCUT2D eigenvalue weighted by Crippen LogP contribution is -2.33. The molecule has 56 heavy (non-hydrogen) atoms. The van der Waals surface area contributed by atoms with E-state index in [-0.39, 0.29) is 0 Å². The number of nitrogens with zero attached hydrogens (tertiary/aromatic N) is 2. The molecule has 1 atom stereocenters. The number of aliphatic imine (C=N–C) groups is 2. The van der Waals surface area contributed by atoms with Crippen LogP contribution in [0.5, 0.6) is 0 Å². The van der Waals surface area contributed by atoms with Crippen LogP contribution in [0.3, 0.4) is 0 Å². The molecule has 4 nitrogen and oxygen atoms in total. The number of para-hydroxylation sites is 1. The van der Waals surface area contributed by atoms with Gasteiger partial charge in [0.15, 0.2) is 5.84 Å². The molecule has 1 unspecified atom stereocenters. The Kier molecular flexibility index (Phi) is 7.71. The van der Waals surface area contributed by atoms with Gasteiger partial charge in [-0.15, -0.1) is 11.3 Å². The Morgan fingerprint density at radius 2 is 1.09 bits per heavy atom. The molecular weight excluding hydrogens is 703 g/mol. The first-order chi connectivity index (χ1) is 27.7. The molecule has 0 spiro atoms. The van der Waals surface area contributed by atoms with E-state index in [4.69, 9.17) is 14.4 Å². The molecule has 10 aromatic rings. The number of thiophene rings is 1. The van der Waals surface area contributed by atoms with E-state index in [0.717, 1.165) is 77.8 Å². The van der Waals surface area contributed by atoms with Gasteiger partial charge >= 0.3 is 0 Å². The van der Waals surface area contributed by atoms with Gasteiger partial charge in [0.1, 0.15) is 23.2 Å². The Morgan fingerprint density at radius 3 is 1.91 bits per heavy atom. The minimum absolute atomic E-state index is 0.445. The first-order valence-electron chi connectivity index (χ1n) is 18.8. The average Bonchev–Trinajstić information content (AvgIpc) is 3.85. The van der Waals surface area contributed by atoms with Crippen molar-refractivity contribution in [2.45, 2.75) is 6.17 Å². The summed E-state index contributed by atoms with van der Waals surface area (Å²) in [7, 11) is 0. The second-order valence-electron chi connectivity index (χ2n) is 14.1. The number of rotatable bonds is 6. The van der Waals surface area contributed by atoms with Crippen LogP contribution in [0.1, 0.15) is 22.9 Å². The van der Waals surface area contributed by atoms with Crippen LogP contribution in [0, 0.1) is 0 Å². The SMILES string of the molecule is c1ccc(C2=NC(c3ccc4c(oc5c(-c6ccc7sc8ccccc8c7c6)cccc54)c3-c3cccc(-c4ccccc4)c3)NC(c3ccccc3)=N2)cc1. The largest absolute Gasteiger partial charge is 0.455 e. The third-order valence-electron chi connectivity index (χ3n) is 10.8. The second-order valence-corrected chi connectivity index (χ2v) is 15.2. The van der Waals surface area contributed by atoms with Crippen molar-refractivity contribution < 1.29 is 4.42 Å². The molecule has 0 radical (unpaired) electrons. The van der Waals surface area contributed by atoms with E-state index in [9.17, 15) is 0 Å². The Labute approximate surface area is 327 Å². The summed E-state index contributed by atoms with van der Waals surface area (Å²) in [4.78, 5) is 10.4. The predicted octanol–water partition coefficient (Wildman–Crippen LogP) is 13.5. The van der Waals surface area contributed by atoms with Gasteiger partial charge in [-0.1, -0.05) is 164 Å². The van der Waals surface area contributed by atoms with Crippen molar-refractivity contribution in [3.05, 3.63) is 205 Å². The summed E-state index contributed by atoms with van der Waals surface area (Å²) in [6, 6.07) is 66.2.